The summed E-state index contributed by atoms with van der Waals surface area (Å²) >= 11 is 0. The Labute approximate surface area is 179 Å². The number of carbonyl (C=O) groups is 3. The maximum absolute atomic E-state index is 13.0. The van der Waals surface area contributed by atoms with Crippen LogP contribution in [0.4, 0.5) is 11.4 Å². The molecule has 1 fully saturated rings. The number of aryl methyl sites for hydroxylation is 2. The van der Waals surface area contributed by atoms with Crippen LogP contribution in [0.25, 0.3) is 0 Å². The highest BCUT2D eigenvalue weighted by Gasteiger charge is 2.55. The van der Waals surface area contributed by atoms with Crippen LogP contribution in [0, 0.1) is 13.8 Å². The summed E-state index contributed by atoms with van der Waals surface area (Å²) in [5.41, 5.74) is 3.27. The topological polar surface area (TPSA) is 104 Å². The molecule has 2 aliphatic heterocycles. The van der Waals surface area contributed by atoms with Crippen LogP contribution in [0.15, 0.2) is 52.8 Å². The van der Waals surface area contributed by atoms with Gasteiger partial charge < -0.3 is 10.1 Å². The Bertz CT molecular complexity index is 1070. The Morgan fingerprint density at radius 3 is 2.48 bits per heavy atom. The van der Waals surface area contributed by atoms with Crippen LogP contribution in [0.5, 0.6) is 5.75 Å². The molecule has 3 amide bonds. The fourth-order valence-corrected chi connectivity index (χ4v) is 3.63. The highest BCUT2D eigenvalue weighted by Crippen LogP contribution is 2.32. The van der Waals surface area contributed by atoms with Crippen LogP contribution < -0.4 is 15.0 Å². The Hall–Kier alpha value is -3.75. The normalized spacial score (nSPS) is 19.7. The quantitative estimate of drug-likeness (QED) is 0.722. The predicted molar refractivity (Wildman–Crippen MR) is 114 cm³/mol. The van der Waals surface area contributed by atoms with E-state index in [-0.39, 0.29) is 12.5 Å². The molecule has 0 saturated carbocycles. The van der Waals surface area contributed by atoms with Crippen LogP contribution in [0.1, 0.15) is 18.1 Å². The fraction of sp³-hybridized carbons (Fsp3) is 0.318. The number of amides is 3. The molecule has 1 saturated heterocycles. The van der Waals surface area contributed by atoms with E-state index in [1.807, 2.05) is 39.0 Å². The van der Waals surface area contributed by atoms with Gasteiger partial charge in [0.05, 0.1) is 12.3 Å². The van der Waals surface area contributed by atoms with Crippen molar-refractivity contribution in [2.45, 2.75) is 32.9 Å². The van der Waals surface area contributed by atoms with Crippen LogP contribution >= 0.6 is 0 Å². The van der Waals surface area contributed by atoms with Crippen molar-refractivity contribution in [3.63, 3.8) is 0 Å². The molecule has 2 aliphatic rings. The third-order valence-electron chi connectivity index (χ3n) is 5.36. The highest BCUT2D eigenvalue weighted by atomic mass is 16.5. The van der Waals surface area contributed by atoms with Crippen molar-refractivity contribution in [2.75, 3.05) is 23.4 Å². The molecule has 31 heavy (non-hydrogen) atoms. The third kappa shape index (κ3) is 3.86. The van der Waals surface area contributed by atoms with Gasteiger partial charge in [0.1, 0.15) is 12.3 Å². The van der Waals surface area contributed by atoms with E-state index in [0.29, 0.717) is 23.7 Å². The van der Waals surface area contributed by atoms with Gasteiger partial charge in [-0.2, -0.15) is 5.11 Å². The van der Waals surface area contributed by atoms with Gasteiger partial charge in [-0.25, -0.2) is 4.90 Å². The van der Waals surface area contributed by atoms with E-state index in [1.54, 1.807) is 24.3 Å². The van der Waals surface area contributed by atoms with Crippen LogP contribution in [-0.4, -0.2) is 48.0 Å². The molecular weight excluding hydrogens is 398 g/mol. The Morgan fingerprint density at radius 2 is 1.81 bits per heavy atom. The molecule has 4 rings (SSSR count). The summed E-state index contributed by atoms with van der Waals surface area (Å²) in [6.45, 7) is 6.16. The number of ether oxygens (including phenoxy) is 1. The van der Waals surface area contributed by atoms with Crippen molar-refractivity contribution in [3.8, 4) is 5.75 Å². The summed E-state index contributed by atoms with van der Waals surface area (Å²) in [4.78, 5) is 39.4. The summed E-state index contributed by atoms with van der Waals surface area (Å²) in [6.07, 6.45) is 0. The largest absolute Gasteiger partial charge is 0.494 e. The van der Waals surface area contributed by atoms with Crippen molar-refractivity contribution in [1.29, 1.82) is 0 Å². The number of benzene rings is 2. The van der Waals surface area contributed by atoms with Gasteiger partial charge in [-0.3, -0.25) is 19.4 Å². The first-order chi connectivity index (χ1) is 14.9. The molecule has 2 aromatic rings. The molecule has 9 heteroatoms. The maximum Gasteiger partial charge on any atom is 0.263 e. The molecular formula is C22H23N5O4. The lowest BCUT2D eigenvalue weighted by atomic mass is 10.1. The van der Waals surface area contributed by atoms with Gasteiger partial charge in [0.25, 0.3) is 11.8 Å². The van der Waals surface area contributed by atoms with E-state index in [2.05, 4.69) is 15.7 Å². The van der Waals surface area contributed by atoms with Gasteiger partial charge >= 0.3 is 0 Å². The van der Waals surface area contributed by atoms with Crippen molar-refractivity contribution in [1.82, 2.24) is 5.01 Å². The number of hydrogen-bond acceptors (Lipinski definition) is 7. The lowest BCUT2D eigenvalue weighted by Crippen LogP contribution is -2.43. The van der Waals surface area contributed by atoms with Gasteiger partial charge in [0.15, 0.2) is 12.1 Å². The summed E-state index contributed by atoms with van der Waals surface area (Å²) in [6, 6.07) is 10.4. The lowest BCUT2D eigenvalue weighted by Gasteiger charge is -2.20. The van der Waals surface area contributed by atoms with E-state index in [1.165, 1.54) is 5.01 Å². The molecule has 0 radical (unpaired) electrons. The van der Waals surface area contributed by atoms with Gasteiger partial charge in [0, 0.05) is 5.69 Å². The Kier molecular flexibility index (Phi) is 5.41. The number of nitrogens with zero attached hydrogens (tertiary/aromatic N) is 4. The summed E-state index contributed by atoms with van der Waals surface area (Å²) in [5.74, 6) is -0.611. The number of imide groups is 1. The Morgan fingerprint density at radius 1 is 1.06 bits per heavy atom. The second kappa shape index (κ2) is 8.17. The van der Waals surface area contributed by atoms with E-state index in [9.17, 15) is 14.4 Å². The van der Waals surface area contributed by atoms with Crippen molar-refractivity contribution in [2.24, 2.45) is 10.3 Å². The van der Waals surface area contributed by atoms with Crippen LogP contribution in [-0.2, 0) is 14.4 Å². The van der Waals surface area contributed by atoms with Crippen molar-refractivity contribution >= 4 is 29.1 Å². The molecule has 0 bridgehead atoms. The monoisotopic (exact) mass is 421 g/mol. The van der Waals surface area contributed by atoms with Gasteiger partial charge in [-0.1, -0.05) is 11.3 Å². The first-order valence-electron chi connectivity index (χ1n) is 10.0. The molecule has 0 aromatic heterocycles. The smallest absolute Gasteiger partial charge is 0.263 e. The number of rotatable bonds is 6. The van der Waals surface area contributed by atoms with Crippen molar-refractivity contribution in [3.05, 3.63) is 53.6 Å². The van der Waals surface area contributed by atoms with Crippen LogP contribution in [0.2, 0.25) is 0 Å². The molecule has 2 heterocycles. The summed E-state index contributed by atoms with van der Waals surface area (Å²) in [5, 5.41) is 11.9. The zero-order valence-corrected chi connectivity index (χ0v) is 17.5. The van der Waals surface area contributed by atoms with Crippen molar-refractivity contribution < 1.29 is 19.1 Å². The molecule has 9 nitrogen and oxygen atoms in total. The first kappa shape index (κ1) is 20.5. The summed E-state index contributed by atoms with van der Waals surface area (Å²) in [7, 11) is 0. The zero-order chi connectivity index (χ0) is 22.1. The molecule has 1 N–H and O–H groups in total. The average molecular weight is 421 g/mol. The number of hydrogen-bond donors (Lipinski definition) is 1. The van der Waals surface area contributed by atoms with E-state index >= 15 is 0 Å². The molecule has 0 spiro atoms. The predicted octanol–water partition coefficient (Wildman–Crippen LogP) is 2.63. The molecule has 0 unspecified atom stereocenters. The SMILES string of the molecule is CCOc1ccc(N2C(=O)[C@@H]3[C@@H](N=NN3CC(=O)Nc3ccc(C)c(C)c3)C2=O)cc1. The minimum atomic E-state index is -0.950. The fourth-order valence-electron chi connectivity index (χ4n) is 3.63. The average Bonchev–Trinajstić information content (AvgIpc) is 3.25. The molecule has 2 atom stereocenters. The van der Waals surface area contributed by atoms with Crippen LogP contribution in [0.3, 0.4) is 0 Å². The third-order valence-corrected chi connectivity index (χ3v) is 5.36. The van der Waals surface area contributed by atoms with E-state index < -0.39 is 23.9 Å². The number of nitrogens with one attached hydrogen (secondary N) is 1. The number of fused-ring (bicyclic) bond motifs is 1. The zero-order valence-electron chi connectivity index (χ0n) is 17.5. The van der Waals surface area contributed by atoms with Gasteiger partial charge in [-0.15, -0.1) is 0 Å². The maximum atomic E-state index is 13.0. The minimum Gasteiger partial charge on any atom is -0.494 e. The number of anilines is 2. The number of carbonyl (C=O) groups excluding carboxylic acids is 3. The second-order valence-corrected chi connectivity index (χ2v) is 7.48. The van der Waals surface area contributed by atoms with Gasteiger partial charge in [0.2, 0.25) is 5.91 Å². The highest BCUT2D eigenvalue weighted by molar-refractivity contribution is 6.25. The first-order valence-corrected chi connectivity index (χ1v) is 10.0. The second-order valence-electron chi connectivity index (χ2n) is 7.48. The molecule has 0 aliphatic carbocycles. The minimum absolute atomic E-state index is 0.187. The molecule has 2 aromatic carbocycles. The molecule has 160 valence electrons. The van der Waals surface area contributed by atoms with E-state index in [4.69, 9.17) is 4.74 Å². The lowest BCUT2D eigenvalue weighted by molar-refractivity contribution is -0.123. The standard InChI is InChI=1S/C22H23N5O4/c1-4-31-17-9-7-16(8-10-17)27-21(29)19-20(22(27)30)26(25-24-19)12-18(28)23-15-6-5-13(2)14(3)11-15/h5-11,19-20H,4,12H2,1-3H3,(H,23,28)/t19-,20+/m1/s1. The van der Waals surface area contributed by atoms with E-state index in [0.717, 1.165) is 16.0 Å². The summed E-state index contributed by atoms with van der Waals surface area (Å²) < 4.78 is 5.40. The van der Waals surface area contributed by atoms with Gasteiger partial charge in [-0.05, 0) is 68.3 Å². The Balaban J connectivity index is 1.46.